The molecule has 0 aliphatic carbocycles. The summed E-state index contributed by atoms with van der Waals surface area (Å²) in [5.74, 6) is 0.587. The predicted molar refractivity (Wildman–Crippen MR) is 32.7 cm³/mol. The van der Waals surface area contributed by atoms with Gasteiger partial charge in [-0.1, -0.05) is 11.2 Å². The van der Waals surface area contributed by atoms with Gasteiger partial charge in [-0.25, -0.2) is 5.48 Å². The van der Waals surface area contributed by atoms with E-state index in [1.807, 2.05) is 6.08 Å². The number of oxime groups is 1. The molecule has 5 heteroatoms. The molecule has 0 bridgehead atoms. The normalized spacial score (nSPS) is 19.5. The van der Waals surface area contributed by atoms with E-state index in [2.05, 4.69) is 15.5 Å². The maximum Gasteiger partial charge on any atom is 0.188 e. The first-order chi connectivity index (χ1) is 4.43. The Labute approximate surface area is 69.7 Å². The van der Waals surface area contributed by atoms with Crippen molar-refractivity contribution in [1.82, 2.24) is 5.48 Å². The Bertz CT molecular complexity index is 147. The van der Waals surface area contributed by atoms with E-state index in [4.69, 9.17) is 4.84 Å². The third kappa shape index (κ3) is 2.87. The van der Waals surface area contributed by atoms with Crippen LogP contribution in [0.15, 0.2) is 17.3 Å². The van der Waals surface area contributed by atoms with Crippen LogP contribution in [0.5, 0.6) is 0 Å². The summed E-state index contributed by atoms with van der Waals surface area (Å²) in [5.41, 5.74) is 2.56. The number of rotatable bonds is 1. The summed E-state index contributed by atoms with van der Waals surface area (Å²) in [5, 5.41) is 3.58. The fourth-order valence-corrected chi connectivity index (χ4v) is 0.505. The van der Waals surface area contributed by atoms with Crippen LogP contribution >= 0.6 is 0 Å². The second kappa shape index (κ2) is 5.29. The maximum atomic E-state index is 4.79. The van der Waals surface area contributed by atoms with Crippen LogP contribution in [0.25, 0.3) is 0 Å². The van der Waals surface area contributed by atoms with Crippen LogP contribution in [0.4, 0.5) is 0 Å². The Kier molecular flexibility index (Phi) is 5.02. The van der Waals surface area contributed by atoms with Crippen LogP contribution in [-0.2, 0) is 26.7 Å². The molecule has 10 heavy (non-hydrogen) atoms. The minimum atomic E-state index is 0. The van der Waals surface area contributed by atoms with Gasteiger partial charge in [0.25, 0.3) is 0 Å². The third-order valence-electron chi connectivity index (χ3n) is 0.822. The van der Waals surface area contributed by atoms with E-state index in [1.165, 1.54) is 7.11 Å². The first-order valence-corrected chi connectivity index (χ1v) is 2.59. The number of hydrogen-bond donors (Lipinski definition) is 1. The van der Waals surface area contributed by atoms with Crippen molar-refractivity contribution in [3.05, 3.63) is 12.2 Å². The summed E-state index contributed by atoms with van der Waals surface area (Å²) in [6, 6.07) is 0. The van der Waals surface area contributed by atoms with E-state index in [0.717, 1.165) is 0 Å². The zero-order valence-electron chi connectivity index (χ0n) is 5.48. The monoisotopic (exact) mass is 184 g/mol. The molecule has 0 spiro atoms. The molecule has 1 rings (SSSR count). The van der Waals surface area contributed by atoms with Gasteiger partial charge in [0.15, 0.2) is 5.84 Å². The van der Waals surface area contributed by atoms with Crippen molar-refractivity contribution < 1.29 is 26.7 Å². The summed E-state index contributed by atoms with van der Waals surface area (Å²) in [7, 11) is 1.48. The van der Waals surface area contributed by atoms with Gasteiger partial charge in [-0.15, -0.1) is 0 Å². The average Bonchev–Trinajstić information content (AvgIpc) is 1.91. The van der Waals surface area contributed by atoms with Crippen molar-refractivity contribution in [2.45, 2.75) is 0 Å². The molecule has 0 saturated carbocycles. The molecule has 1 heterocycles. The van der Waals surface area contributed by atoms with Gasteiger partial charge < -0.3 is 4.84 Å². The smallest absolute Gasteiger partial charge is 0.188 e. The van der Waals surface area contributed by atoms with Gasteiger partial charge in [0.05, 0.1) is 6.61 Å². The molecule has 0 aromatic heterocycles. The fourth-order valence-electron chi connectivity index (χ4n) is 0.505. The van der Waals surface area contributed by atoms with Crippen molar-refractivity contribution >= 4 is 5.84 Å². The van der Waals surface area contributed by atoms with Crippen molar-refractivity contribution in [3.8, 4) is 0 Å². The molecule has 58 valence electrons. The number of nitrogens with one attached hydrogen (secondary N) is 1. The third-order valence-corrected chi connectivity index (χ3v) is 0.822. The van der Waals surface area contributed by atoms with Crippen LogP contribution in [-0.4, -0.2) is 19.6 Å². The first-order valence-electron chi connectivity index (χ1n) is 2.59. The summed E-state index contributed by atoms with van der Waals surface area (Å²) >= 11 is 0. The van der Waals surface area contributed by atoms with Crippen molar-refractivity contribution in [2.75, 3.05) is 13.7 Å². The molecule has 1 N–H and O–H groups in total. The minimum Gasteiger partial charge on any atom is -0.397 e. The zero-order chi connectivity index (χ0) is 6.53. The second-order valence-corrected chi connectivity index (χ2v) is 1.47. The Hall–Kier alpha value is -0.511. The molecule has 0 saturated heterocycles. The Morgan fingerprint density at radius 2 is 2.60 bits per heavy atom. The summed E-state index contributed by atoms with van der Waals surface area (Å²) in [4.78, 5) is 9.26. The Balaban J connectivity index is 0.000000810. The average molecular weight is 184 g/mol. The molecule has 0 unspecified atom stereocenters. The van der Waals surface area contributed by atoms with Gasteiger partial charge in [-0.2, -0.15) is 0 Å². The first kappa shape index (κ1) is 9.49. The van der Waals surface area contributed by atoms with Gasteiger partial charge in [-0.05, 0) is 6.08 Å². The van der Waals surface area contributed by atoms with E-state index >= 15 is 0 Å². The molecule has 0 amide bonds. The SMILES string of the molecule is CON=C1C=CCON1.[Fe]. The minimum absolute atomic E-state index is 0. The maximum absolute atomic E-state index is 4.79. The van der Waals surface area contributed by atoms with Crippen LogP contribution in [0, 0.1) is 0 Å². The standard InChI is InChI=1S/C5H8N2O2.Fe/c1-8-6-5-3-2-4-9-7-5;/h2-3H,4H2,1H3,(H,6,7);. The number of amidine groups is 1. The summed E-state index contributed by atoms with van der Waals surface area (Å²) < 4.78 is 0. The Morgan fingerprint density at radius 3 is 3.10 bits per heavy atom. The molecule has 0 aromatic rings. The van der Waals surface area contributed by atoms with Crippen LogP contribution in [0.2, 0.25) is 0 Å². The molecule has 1 aliphatic heterocycles. The number of hydroxylamine groups is 1. The summed E-state index contributed by atoms with van der Waals surface area (Å²) in [6.07, 6.45) is 3.63. The molecular formula is C5H8FeN2O2. The van der Waals surface area contributed by atoms with Gasteiger partial charge in [0.1, 0.15) is 7.11 Å². The quantitative estimate of drug-likeness (QED) is 0.461. The number of nitrogens with zero attached hydrogens (tertiary/aromatic N) is 1. The van der Waals surface area contributed by atoms with Gasteiger partial charge in [0.2, 0.25) is 0 Å². The van der Waals surface area contributed by atoms with Crippen molar-refractivity contribution in [3.63, 3.8) is 0 Å². The van der Waals surface area contributed by atoms with Crippen LogP contribution < -0.4 is 5.48 Å². The molecule has 1 aliphatic rings. The fraction of sp³-hybridized carbons (Fsp3) is 0.400. The Morgan fingerprint density at radius 1 is 1.80 bits per heavy atom. The van der Waals surface area contributed by atoms with Gasteiger partial charge in [-0.3, -0.25) is 4.84 Å². The topological polar surface area (TPSA) is 42.9 Å². The second-order valence-electron chi connectivity index (χ2n) is 1.47. The molecule has 0 fully saturated rings. The molecule has 0 radical (unpaired) electrons. The zero-order valence-corrected chi connectivity index (χ0v) is 6.58. The van der Waals surface area contributed by atoms with Gasteiger partial charge in [0, 0.05) is 17.1 Å². The van der Waals surface area contributed by atoms with E-state index < -0.39 is 0 Å². The summed E-state index contributed by atoms with van der Waals surface area (Å²) in [6.45, 7) is 0.572. The predicted octanol–water partition coefficient (Wildman–Crippen LogP) is 0.0348. The van der Waals surface area contributed by atoms with Crippen molar-refractivity contribution in [1.29, 1.82) is 0 Å². The van der Waals surface area contributed by atoms with E-state index in [0.29, 0.717) is 12.4 Å². The van der Waals surface area contributed by atoms with E-state index in [9.17, 15) is 0 Å². The van der Waals surface area contributed by atoms with E-state index in [1.54, 1.807) is 6.08 Å². The van der Waals surface area contributed by atoms with E-state index in [-0.39, 0.29) is 17.1 Å². The number of hydrogen-bond acceptors (Lipinski definition) is 3. The molecule has 4 nitrogen and oxygen atoms in total. The van der Waals surface area contributed by atoms with Crippen LogP contribution in [0.3, 0.4) is 0 Å². The van der Waals surface area contributed by atoms with Crippen molar-refractivity contribution in [2.24, 2.45) is 5.16 Å². The largest absolute Gasteiger partial charge is 0.397 e. The molecule has 0 atom stereocenters. The molecule has 0 aromatic carbocycles. The molecular weight excluding hydrogens is 176 g/mol. The van der Waals surface area contributed by atoms with Crippen LogP contribution in [0.1, 0.15) is 0 Å². The van der Waals surface area contributed by atoms with Gasteiger partial charge >= 0.3 is 0 Å².